The molecule has 0 spiro atoms. The van der Waals surface area contributed by atoms with Crippen molar-refractivity contribution in [3.05, 3.63) is 0 Å². The number of nitrogens with one attached hydrogen (secondary N) is 2. The summed E-state index contributed by atoms with van der Waals surface area (Å²) >= 11 is 0. The van der Waals surface area contributed by atoms with Crippen LogP contribution in [0, 0.1) is 11.8 Å². The van der Waals surface area contributed by atoms with Gasteiger partial charge in [0.25, 0.3) is 0 Å². The molecule has 4 aliphatic rings. The number of carboxylic acids is 1. The van der Waals surface area contributed by atoms with Gasteiger partial charge in [0.1, 0.15) is 6.04 Å². The topological polar surface area (TPSA) is 84.9 Å². The van der Waals surface area contributed by atoms with Crippen molar-refractivity contribution in [1.29, 1.82) is 0 Å². The molecule has 2 aliphatic carbocycles. The minimum absolute atomic E-state index is 0.154. The van der Waals surface area contributed by atoms with Gasteiger partial charge in [-0.05, 0) is 70.1 Å². The molecule has 0 aromatic carbocycles. The zero-order valence-electron chi connectivity index (χ0n) is 20.6. The second-order valence-electron chi connectivity index (χ2n) is 11.2. The Kier molecular flexibility index (Phi) is 9.05. The van der Waals surface area contributed by atoms with Crippen LogP contribution >= 0.6 is 0 Å². The molecule has 3 N–H and O–H groups in total. The van der Waals surface area contributed by atoms with Crippen LogP contribution in [-0.2, 0) is 9.59 Å². The first-order chi connectivity index (χ1) is 16.0. The fraction of sp³-hybridized carbons (Fsp3) is 0.923. The van der Waals surface area contributed by atoms with E-state index >= 15 is 0 Å². The predicted molar refractivity (Wildman–Crippen MR) is 130 cm³/mol. The van der Waals surface area contributed by atoms with Gasteiger partial charge in [-0.3, -0.25) is 9.59 Å². The molecule has 2 atom stereocenters. The zero-order valence-corrected chi connectivity index (χ0v) is 20.6. The average Bonchev–Trinajstić information content (AvgIpc) is 3.25. The Bertz CT molecular complexity index is 637. The number of amides is 1. The third-order valence-electron chi connectivity index (χ3n) is 8.76. The maximum absolute atomic E-state index is 13.1. The van der Waals surface area contributed by atoms with Gasteiger partial charge in [-0.25, -0.2) is 10.4 Å². The number of rotatable bonds is 8. The molecular weight excluding hydrogens is 416 g/mol. The SMILES string of the molecule is CCCC1CC(C(=O)NC2CCN(CC3CCCCC3)CC2)NN1C1CCC(C(=O)O)CC1. The largest absolute Gasteiger partial charge is 0.481 e. The molecule has 2 aliphatic heterocycles. The van der Waals surface area contributed by atoms with E-state index in [9.17, 15) is 14.7 Å². The predicted octanol–water partition coefficient (Wildman–Crippen LogP) is 3.54. The lowest BCUT2D eigenvalue weighted by Gasteiger charge is -2.37. The van der Waals surface area contributed by atoms with Gasteiger partial charge in [0.15, 0.2) is 0 Å². The third kappa shape index (κ3) is 6.70. The number of hydrogen-bond donors (Lipinski definition) is 3. The van der Waals surface area contributed by atoms with Crippen molar-refractivity contribution in [2.75, 3.05) is 19.6 Å². The Balaban J connectivity index is 1.22. The summed E-state index contributed by atoms with van der Waals surface area (Å²) in [5.41, 5.74) is 3.56. The quantitative estimate of drug-likeness (QED) is 0.512. The van der Waals surface area contributed by atoms with E-state index in [2.05, 4.69) is 27.6 Å². The van der Waals surface area contributed by atoms with E-state index in [4.69, 9.17) is 0 Å². The number of carbonyl (C=O) groups excluding carboxylic acids is 1. The second-order valence-corrected chi connectivity index (χ2v) is 11.2. The number of carbonyl (C=O) groups is 2. The first kappa shape index (κ1) is 24.9. The van der Waals surface area contributed by atoms with Crippen molar-refractivity contribution >= 4 is 11.9 Å². The van der Waals surface area contributed by atoms with Gasteiger partial charge in [-0.1, -0.05) is 32.6 Å². The Morgan fingerprint density at radius 1 is 0.970 bits per heavy atom. The molecule has 2 saturated heterocycles. The van der Waals surface area contributed by atoms with Crippen molar-refractivity contribution in [2.24, 2.45) is 11.8 Å². The molecule has 7 heteroatoms. The van der Waals surface area contributed by atoms with Gasteiger partial charge >= 0.3 is 5.97 Å². The highest BCUT2D eigenvalue weighted by Gasteiger charge is 2.41. The average molecular weight is 463 g/mol. The summed E-state index contributed by atoms with van der Waals surface area (Å²) in [6.45, 7) is 5.67. The van der Waals surface area contributed by atoms with Crippen LogP contribution in [0.4, 0.5) is 0 Å². The maximum atomic E-state index is 13.1. The highest BCUT2D eigenvalue weighted by Crippen LogP contribution is 2.32. The highest BCUT2D eigenvalue weighted by molar-refractivity contribution is 5.82. The lowest BCUT2D eigenvalue weighted by molar-refractivity contribution is -0.143. The number of carboxylic acid groups (broad SMARTS) is 1. The van der Waals surface area contributed by atoms with Crippen molar-refractivity contribution in [3.63, 3.8) is 0 Å². The molecule has 0 bridgehead atoms. The molecule has 7 nitrogen and oxygen atoms in total. The van der Waals surface area contributed by atoms with Crippen LogP contribution in [0.25, 0.3) is 0 Å². The van der Waals surface area contributed by atoms with Gasteiger partial charge in [0, 0.05) is 37.8 Å². The van der Waals surface area contributed by atoms with Crippen LogP contribution in [0.5, 0.6) is 0 Å². The zero-order chi connectivity index (χ0) is 23.2. The summed E-state index contributed by atoms with van der Waals surface area (Å²) in [7, 11) is 0. The van der Waals surface area contributed by atoms with Gasteiger partial charge in [0.05, 0.1) is 5.92 Å². The van der Waals surface area contributed by atoms with E-state index in [0.717, 1.165) is 76.8 Å². The molecule has 188 valence electrons. The van der Waals surface area contributed by atoms with Crippen molar-refractivity contribution < 1.29 is 14.7 Å². The van der Waals surface area contributed by atoms with E-state index in [0.29, 0.717) is 18.1 Å². The maximum Gasteiger partial charge on any atom is 0.306 e. The first-order valence-electron chi connectivity index (χ1n) is 13.8. The van der Waals surface area contributed by atoms with E-state index in [1.165, 1.54) is 38.6 Å². The molecule has 4 fully saturated rings. The molecule has 0 aromatic rings. The van der Waals surface area contributed by atoms with Crippen molar-refractivity contribution in [3.8, 4) is 0 Å². The van der Waals surface area contributed by atoms with Crippen LogP contribution in [0.15, 0.2) is 0 Å². The van der Waals surface area contributed by atoms with E-state index < -0.39 is 5.97 Å². The highest BCUT2D eigenvalue weighted by atomic mass is 16.4. The number of nitrogens with zero attached hydrogens (tertiary/aromatic N) is 2. The summed E-state index contributed by atoms with van der Waals surface area (Å²) in [6, 6.07) is 0.859. The summed E-state index contributed by atoms with van der Waals surface area (Å²) < 4.78 is 0. The summed E-state index contributed by atoms with van der Waals surface area (Å²) in [6.07, 6.45) is 15.5. The third-order valence-corrected chi connectivity index (χ3v) is 8.76. The number of aliphatic carboxylic acids is 1. The summed E-state index contributed by atoms with van der Waals surface area (Å²) in [5, 5.41) is 15.0. The van der Waals surface area contributed by atoms with E-state index in [-0.39, 0.29) is 17.9 Å². The van der Waals surface area contributed by atoms with Crippen LogP contribution in [0.2, 0.25) is 0 Å². The van der Waals surface area contributed by atoms with Gasteiger partial charge < -0.3 is 15.3 Å². The normalized spacial score (nSPS) is 33.2. The van der Waals surface area contributed by atoms with Crippen molar-refractivity contribution in [1.82, 2.24) is 20.7 Å². The molecule has 0 aromatic heterocycles. The second kappa shape index (κ2) is 12.0. The molecule has 0 radical (unpaired) electrons. The molecule has 33 heavy (non-hydrogen) atoms. The molecule has 2 saturated carbocycles. The molecule has 4 rings (SSSR count). The number of likely N-dealkylation sites (tertiary alicyclic amines) is 1. The molecule has 2 unspecified atom stereocenters. The lowest BCUT2D eigenvalue weighted by Crippen LogP contribution is -2.53. The minimum Gasteiger partial charge on any atom is -0.481 e. The van der Waals surface area contributed by atoms with Crippen LogP contribution < -0.4 is 10.7 Å². The van der Waals surface area contributed by atoms with E-state index in [1.54, 1.807) is 0 Å². The fourth-order valence-electron chi connectivity index (χ4n) is 6.78. The molecule has 1 amide bonds. The number of piperidine rings is 1. The fourth-order valence-corrected chi connectivity index (χ4v) is 6.78. The number of hydrogen-bond acceptors (Lipinski definition) is 5. The number of hydrazine groups is 1. The van der Waals surface area contributed by atoms with Gasteiger partial charge in [-0.2, -0.15) is 0 Å². The molecular formula is C26H46N4O3. The smallest absolute Gasteiger partial charge is 0.306 e. The lowest BCUT2D eigenvalue weighted by atomic mass is 9.85. The Hall–Kier alpha value is -1.18. The first-order valence-corrected chi connectivity index (χ1v) is 13.8. The van der Waals surface area contributed by atoms with Gasteiger partial charge in [0.2, 0.25) is 5.91 Å². The van der Waals surface area contributed by atoms with Gasteiger partial charge in [-0.15, -0.1) is 0 Å². The summed E-state index contributed by atoms with van der Waals surface area (Å²) in [4.78, 5) is 27.1. The van der Waals surface area contributed by atoms with Crippen LogP contribution in [0.1, 0.15) is 96.8 Å². The van der Waals surface area contributed by atoms with Crippen LogP contribution in [0.3, 0.4) is 0 Å². The Labute approximate surface area is 200 Å². The Morgan fingerprint density at radius 3 is 2.30 bits per heavy atom. The van der Waals surface area contributed by atoms with Crippen molar-refractivity contribution in [2.45, 2.75) is 121 Å². The Morgan fingerprint density at radius 2 is 1.67 bits per heavy atom. The summed E-state index contributed by atoms with van der Waals surface area (Å²) in [5.74, 6) is 0.190. The van der Waals surface area contributed by atoms with E-state index in [1.807, 2.05) is 0 Å². The molecule has 2 heterocycles. The minimum atomic E-state index is -0.657. The standard InChI is InChI=1S/C26H46N4O3/c1-2-6-23-17-24(28-30(23)22-11-9-20(10-12-22)26(32)33)25(31)27-21-13-15-29(16-14-21)18-19-7-4-3-5-8-19/h19-24,28H,2-18H2,1H3,(H,27,31)(H,32,33). The van der Waals surface area contributed by atoms with Crippen LogP contribution in [-0.4, -0.2) is 70.7 Å². The monoisotopic (exact) mass is 462 g/mol.